The lowest BCUT2D eigenvalue weighted by Crippen LogP contribution is -2.48. The number of benzene rings is 1. The first-order chi connectivity index (χ1) is 13.9. The summed E-state index contributed by atoms with van der Waals surface area (Å²) in [7, 11) is -3.65. The molecular formula is C21H30BrN3O3S. The van der Waals surface area contributed by atoms with Gasteiger partial charge in [0.05, 0.1) is 5.69 Å². The average Bonchev–Trinajstić information content (AvgIpc) is 3.17. The summed E-state index contributed by atoms with van der Waals surface area (Å²) >= 11 is 3.47. The van der Waals surface area contributed by atoms with Crippen LogP contribution in [-0.2, 0) is 21.2 Å². The van der Waals surface area contributed by atoms with Crippen molar-refractivity contribution in [2.75, 3.05) is 37.6 Å². The number of carbonyl (C=O) groups excluding carboxylic acids is 1. The monoisotopic (exact) mass is 483 g/mol. The van der Waals surface area contributed by atoms with E-state index >= 15 is 0 Å². The molecule has 3 heterocycles. The molecule has 1 aromatic carbocycles. The Kier molecular flexibility index (Phi) is 6.35. The lowest BCUT2D eigenvalue weighted by Gasteiger charge is -2.40. The Balaban J connectivity index is 1.58. The first-order valence-electron chi connectivity index (χ1n) is 10.8. The SMILES string of the molecule is CCC(=O)N1CCc2cc(Br)cc(S(=O)(=O)N3CCC(N4CCCCC4)CC3)c21. The van der Waals surface area contributed by atoms with E-state index in [4.69, 9.17) is 0 Å². The number of nitrogens with zero attached hydrogens (tertiary/aromatic N) is 3. The molecule has 2 fully saturated rings. The van der Waals surface area contributed by atoms with Crippen molar-refractivity contribution in [3.63, 3.8) is 0 Å². The summed E-state index contributed by atoms with van der Waals surface area (Å²) in [5, 5.41) is 0. The van der Waals surface area contributed by atoms with Gasteiger partial charge in [-0.05, 0) is 62.9 Å². The number of sulfonamides is 1. The molecular weight excluding hydrogens is 454 g/mol. The second-order valence-corrected chi connectivity index (χ2v) is 11.1. The van der Waals surface area contributed by atoms with E-state index in [9.17, 15) is 13.2 Å². The topological polar surface area (TPSA) is 60.9 Å². The Morgan fingerprint density at radius 2 is 1.76 bits per heavy atom. The third-order valence-electron chi connectivity index (χ3n) is 6.55. The summed E-state index contributed by atoms with van der Waals surface area (Å²) in [6.07, 6.45) is 6.65. The van der Waals surface area contributed by atoms with Crippen molar-refractivity contribution < 1.29 is 13.2 Å². The quantitative estimate of drug-likeness (QED) is 0.658. The summed E-state index contributed by atoms with van der Waals surface area (Å²) in [4.78, 5) is 16.9. The number of hydrogen-bond donors (Lipinski definition) is 0. The molecule has 8 heteroatoms. The smallest absolute Gasteiger partial charge is 0.245 e. The summed E-state index contributed by atoms with van der Waals surface area (Å²) in [6.45, 7) is 5.76. The summed E-state index contributed by atoms with van der Waals surface area (Å²) in [5.41, 5.74) is 1.53. The lowest BCUT2D eigenvalue weighted by atomic mass is 10.0. The number of fused-ring (bicyclic) bond motifs is 1. The van der Waals surface area contributed by atoms with Gasteiger partial charge in [-0.15, -0.1) is 0 Å². The van der Waals surface area contributed by atoms with Gasteiger partial charge in [0.25, 0.3) is 0 Å². The zero-order valence-electron chi connectivity index (χ0n) is 17.1. The lowest BCUT2D eigenvalue weighted by molar-refractivity contribution is -0.118. The highest BCUT2D eigenvalue weighted by Crippen LogP contribution is 2.39. The van der Waals surface area contributed by atoms with Crippen molar-refractivity contribution in [1.82, 2.24) is 9.21 Å². The zero-order valence-corrected chi connectivity index (χ0v) is 19.5. The van der Waals surface area contributed by atoms with E-state index in [1.807, 2.05) is 13.0 Å². The second kappa shape index (κ2) is 8.65. The van der Waals surface area contributed by atoms with E-state index in [1.54, 1.807) is 15.3 Å². The fourth-order valence-corrected chi connectivity index (χ4v) is 7.36. The molecule has 0 bridgehead atoms. The molecule has 0 aromatic heterocycles. The maximum atomic E-state index is 13.6. The van der Waals surface area contributed by atoms with E-state index in [2.05, 4.69) is 20.8 Å². The molecule has 0 saturated carbocycles. The molecule has 6 nitrogen and oxygen atoms in total. The maximum absolute atomic E-state index is 13.6. The highest BCUT2D eigenvalue weighted by molar-refractivity contribution is 9.10. The van der Waals surface area contributed by atoms with Crippen molar-refractivity contribution >= 4 is 37.5 Å². The molecule has 160 valence electrons. The van der Waals surface area contributed by atoms with Crippen molar-refractivity contribution in [2.24, 2.45) is 0 Å². The number of amides is 1. The summed E-state index contributed by atoms with van der Waals surface area (Å²) < 4.78 is 29.6. The molecule has 0 radical (unpaired) electrons. The third kappa shape index (κ3) is 4.13. The Morgan fingerprint density at radius 3 is 2.41 bits per heavy atom. The van der Waals surface area contributed by atoms with Gasteiger partial charge in [-0.3, -0.25) is 4.79 Å². The standard InChI is InChI=1S/C21H30BrN3O3S/c1-2-20(26)25-13-6-16-14-17(22)15-19(21(16)25)29(27,28)24-11-7-18(8-12-24)23-9-4-3-5-10-23/h14-15,18H,2-13H2,1H3. The third-order valence-corrected chi connectivity index (χ3v) is 8.91. The van der Waals surface area contributed by atoms with Gasteiger partial charge in [-0.25, -0.2) is 8.42 Å². The van der Waals surface area contributed by atoms with E-state index < -0.39 is 10.0 Å². The fourth-order valence-electron chi connectivity index (χ4n) is 4.98. The number of rotatable bonds is 4. The number of carbonyl (C=O) groups is 1. The Hall–Kier alpha value is -0.960. The first-order valence-corrected chi connectivity index (χ1v) is 13.0. The van der Waals surface area contributed by atoms with Crippen LogP contribution in [0.4, 0.5) is 5.69 Å². The van der Waals surface area contributed by atoms with Gasteiger partial charge in [0.15, 0.2) is 0 Å². The second-order valence-electron chi connectivity index (χ2n) is 8.29. The minimum atomic E-state index is -3.65. The van der Waals surface area contributed by atoms with Gasteiger partial charge in [-0.1, -0.05) is 29.3 Å². The normalized spacial score (nSPS) is 22.1. The van der Waals surface area contributed by atoms with E-state index in [1.165, 1.54) is 19.3 Å². The van der Waals surface area contributed by atoms with Crippen LogP contribution in [0.25, 0.3) is 0 Å². The minimum absolute atomic E-state index is 0.0219. The van der Waals surface area contributed by atoms with Crippen LogP contribution in [0.3, 0.4) is 0 Å². The van der Waals surface area contributed by atoms with Crippen LogP contribution < -0.4 is 4.90 Å². The molecule has 3 aliphatic heterocycles. The van der Waals surface area contributed by atoms with Gasteiger partial charge in [0.2, 0.25) is 15.9 Å². The van der Waals surface area contributed by atoms with Gasteiger partial charge < -0.3 is 9.80 Å². The zero-order chi connectivity index (χ0) is 20.6. The fraction of sp³-hybridized carbons (Fsp3) is 0.667. The van der Waals surface area contributed by atoms with Crippen LogP contribution in [-0.4, -0.2) is 62.3 Å². The van der Waals surface area contributed by atoms with Gasteiger partial charge in [-0.2, -0.15) is 4.31 Å². The van der Waals surface area contributed by atoms with Gasteiger partial charge in [0, 0.05) is 36.6 Å². The number of likely N-dealkylation sites (tertiary alicyclic amines) is 1. The molecule has 0 atom stereocenters. The Bertz CT molecular complexity index is 875. The molecule has 0 N–H and O–H groups in total. The average molecular weight is 484 g/mol. The van der Waals surface area contributed by atoms with E-state index in [0.717, 1.165) is 36.0 Å². The van der Waals surface area contributed by atoms with Crippen molar-refractivity contribution in [3.05, 3.63) is 22.2 Å². The molecule has 1 aromatic rings. The largest absolute Gasteiger partial charge is 0.310 e. The van der Waals surface area contributed by atoms with Gasteiger partial charge in [0.1, 0.15) is 4.90 Å². The molecule has 1 amide bonds. The number of anilines is 1. The van der Waals surface area contributed by atoms with Crippen molar-refractivity contribution in [2.45, 2.75) is 62.8 Å². The van der Waals surface area contributed by atoms with E-state index in [0.29, 0.717) is 44.2 Å². The summed E-state index contributed by atoms with van der Waals surface area (Å²) in [6, 6.07) is 4.11. The maximum Gasteiger partial charge on any atom is 0.245 e. The molecule has 3 aliphatic rings. The van der Waals surface area contributed by atoms with Gasteiger partial charge >= 0.3 is 0 Å². The Morgan fingerprint density at radius 1 is 1.07 bits per heavy atom. The highest BCUT2D eigenvalue weighted by atomic mass is 79.9. The molecule has 0 unspecified atom stereocenters. The van der Waals surface area contributed by atoms with Crippen molar-refractivity contribution in [3.8, 4) is 0 Å². The van der Waals surface area contributed by atoms with Crippen LogP contribution in [0.5, 0.6) is 0 Å². The molecule has 29 heavy (non-hydrogen) atoms. The number of halogens is 1. The highest BCUT2D eigenvalue weighted by Gasteiger charge is 2.37. The molecule has 0 aliphatic carbocycles. The van der Waals surface area contributed by atoms with Crippen LogP contribution in [0.2, 0.25) is 0 Å². The molecule has 2 saturated heterocycles. The van der Waals surface area contributed by atoms with Crippen LogP contribution in [0.1, 0.15) is 51.0 Å². The predicted octanol–water partition coefficient (Wildman–Crippen LogP) is 3.39. The number of hydrogen-bond acceptors (Lipinski definition) is 4. The molecule has 4 rings (SSSR count). The predicted molar refractivity (Wildman–Crippen MR) is 118 cm³/mol. The van der Waals surface area contributed by atoms with Crippen LogP contribution in [0, 0.1) is 0 Å². The van der Waals surface area contributed by atoms with Crippen molar-refractivity contribution in [1.29, 1.82) is 0 Å². The molecule has 0 spiro atoms. The van der Waals surface area contributed by atoms with Crippen LogP contribution in [0.15, 0.2) is 21.5 Å². The van der Waals surface area contributed by atoms with E-state index in [-0.39, 0.29) is 10.8 Å². The first kappa shape index (κ1) is 21.3. The van der Waals surface area contributed by atoms with Crippen LogP contribution >= 0.6 is 15.9 Å². The number of piperidine rings is 2. The minimum Gasteiger partial charge on any atom is -0.310 e. The summed E-state index contributed by atoms with van der Waals surface area (Å²) in [5.74, 6) is -0.0219. The Labute approximate surface area is 182 Å².